The summed E-state index contributed by atoms with van der Waals surface area (Å²) in [5.41, 5.74) is 7.82. The van der Waals surface area contributed by atoms with Crippen molar-refractivity contribution in [3.63, 3.8) is 0 Å². The van der Waals surface area contributed by atoms with E-state index in [-0.39, 0.29) is 11.9 Å². The van der Waals surface area contributed by atoms with E-state index in [1.54, 1.807) is 16.9 Å². The number of rotatable bonds is 5. The molecule has 0 saturated heterocycles. The summed E-state index contributed by atoms with van der Waals surface area (Å²) in [6.07, 6.45) is 3.57. The molecule has 108 valence electrons. The predicted molar refractivity (Wildman–Crippen MR) is 77.1 cm³/mol. The van der Waals surface area contributed by atoms with Gasteiger partial charge in [0.1, 0.15) is 0 Å². The van der Waals surface area contributed by atoms with Crippen LogP contribution in [0.25, 0.3) is 0 Å². The highest BCUT2D eigenvalue weighted by molar-refractivity contribution is 5.68. The van der Waals surface area contributed by atoms with Gasteiger partial charge in [0.25, 0.3) is 0 Å². The van der Waals surface area contributed by atoms with Crippen LogP contribution in [0.15, 0.2) is 24.5 Å². The number of anilines is 2. The molecule has 2 aromatic rings. The lowest BCUT2D eigenvalue weighted by Gasteiger charge is -2.14. The molecule has 0 amide bonds. The topological polar surface area (TPSA) is 65.1 Å². The molecule has 0 fully saturated rings. The Kier molecular flexibility index (Phi) is 4.12. The Bertz CT molecular complexity index is 595. The van der Waals surface area contributed by atoms with Gasteiger partial charge in [0, 0.05) is 37.5 Å². The Morgan fingerprint density at radius 3 is 2.80 bits per heavy atom. The summed E-state index contributed by atoms with van der Waals surface area (Å²) < 4.78 is 20.8. The third-order valence-corrected chi connectivity index (χ3v) is 2.71. The SMILES string of the molecule is CC(C)Oc1cc(NCc2cnn(C)c2)c(N)cc1F. The monoisotopic (exact) mass is 278 g/mol. The summed E-state index contributed by atoms with van der Waals surface area (Å²) in [4.78, 5) is 0. The lowest BCUT2D eigenvalue weighted by molar-refractivity contribution is 0.231. The number of nitrogens with two attached hydrogens (primary N) is 1. The number of hydrogen-bond acceptors (Lipinski definition) is 4. The molecule has 2 rings (SSSR count). The van der Waals surface area contributed by atoms with Crippen molar-refractivity contribution >= 4 is 11.4 Å². The molecule has 6 heteroatoms. The van der Waals surface area contributed by atoms with Crippen molar-refractivity contribution in [3.05, 3.63) is 35.9 Å². The van der Waals surface area contributed by atoms with Crippen LogP contribution in [0.4, 0.5) is 15.8 Å². The number of aryl methyl sites for hydroxylation is 1. The van der Waals surface area contributed by atoms with Gasteiger partial charge in [0.15, 0.2) is 11.6 Å². The maximum Gasteiger partial charge on any atom is 0.167 e. The van der Waals surface area contributed by atoms with Crippen LogP contribution in [0.3, 0.4) is 0 Å². The molecule has 1 aromatic heterocycles. The van der Waals surface area contributed by atoms with Gasteiger partial charge in [-0.1, -0.05) is 0 Å². The normalized spacial score (nSPS) is 10.8. The fraction of sp³-hybridized carbons (Fsp3) is 0.357. The predicted octanol–water partition coefficient (Wildman–Crippen LogP) is 2.54. The highest BCUT2D eigenvalue weighted by Crippen LogP contribution is 2.29. The van der Waals surface area contributed by atoms with Crippen LogP contribution in [0, 0.1) is 5.82 Å². The molecule has 0 radical (unpaired) electrons. The van der Waals surface area contributed by atoms with Crippen molar-refractivity contribution in [1.29, 1.82) is 0 Å². The number of ether oxygens (including phenoxy) is 1. The van der Waals surface area contributed by atoms with E-state index in [0.29, 0.717) is 17.9 Å². The molecule has 3 N–H and O–H groups in total. The molecule has 0 aliphatic heterocycles. The summed E-state index contributed by atoms with van der Waals surface area (Å²) in [5, 5.41) is 7.24. The Labute approximate surface area is 117 Å². The number of nitrogen functional groups attached to an aromatic ring is 1. The fourth-order valence-electron chi connectivity index (χ4n) is 1.83. The molecule has 0 unspecified atom stereocenters. The van der Waals surface area contributed by atoms with Gasteiger partial charge in [-0.15, -0.1) is 0 Å². The van der Waals surface area contributed by atoms with Gasteiger partial charge < -0.3 is 15.8 Å². The van der Waals surface area contributed by atoms with Gasteiger partial charge in [0.05, 0.1) is 23.7 Å². The third kappa shape index (κ3) is 3.40. The standard InChI is InChI=1S/C14H19FN4O/c1-9(2)20-14-5-13(12(16)4-11(14)15)17-6-10-7-18-19(3)8-10/h4-5,7-9,17H,6,16H2,1-3H3. The minimum atomic E-state index is -0.455. The largest absolute Gasteiger partial charge is 0.488 e. The summed E-state index contributed by atoms with van der Waals surface area (Å²) in [6, 6.07) is 2.85. The lowest BCUT2D eigenvalue weighted by atomic mass is 10.2. The van der Waals surface area contributed by atoms with Crippen molar-refractivity contribution in [3.8, 4) is 5.75 Å². The second kappa shape index (κ2) is 5.81. The zero-order valence-corrected chi connectivity index (χ0v) is 11.9. The summed E-state index contributed by atoms with van der Waals surface area (Å²) in [7, 11) is 1.85. The van der Waals surface area contributed by atoms with Gasteiger partial charge in [-0.25, -0.2) is 4.39 Å². The molecule has 0 bridgehead atoms. The summed E-state index contributed by atoms with van der Waals surface area (Å²) in [6.45, 7) is 4.25. The number of nitrogens with zero attached hydrogens (tertiary/aromatic N) is 2. The third-order valence-electron chi connectivity index (χ3n) is 2.71. The van der Waals surface area contributed by atoms with E-state index >= 15 is 0 Å². The van der Waals surface area contributed by atoms with Gasteiger partial charge in [-0.05, 0) is 13.8 Å². The van der Waals surface area contributed by atoms with Crippen LogP contribution >= 0.6 is 0 Å². The molecule has 5 nitrogen and oxygen atoms in total. The molecule has 0 saturated carbocycles. The Morgan fingerprint density at radius 2 is 2.20 bits per heavy atom. The van der Waals surface area contributed by atoms with Crippen LogP contribution in [-0.2, 0) is 13.6 Å². The average molecular weight is 278 g/mol. The van der Waals surface area contributed by atoms with E-state index in [9.17, 15) is 4.39 Å². The Balaban J connectivity index is 2.14. The van der Waals surface area contributed by atoms with Crippen molar-refractivity contribution in [2.45, 2.75) is 26.5 Å². The zero-order valence-electron chi connectivity index (χ0n) is 11.9. The van der Waals surface area contributed by atoms with E-state index in [1.807, 2.05) is 27.1 Å². The van der Waals surface area contributed by atoms with Gasteiger partial charge in [0.2, 0.25) is 0 Å². The molecule has 0 spiro atoms. The Morgan fingerprint density at radius 1 is 1.45 bits per heavy atom. The smallest absolute Gasteiger partial charge is 0.167 e. The second-order valence-electron chi connectivity index (χ2n) is 4.91. The summed E-state index contributed by atoms with van der Waals surface area (Å²) >= 11 is 0. The van der Waals surface area contributed by atoms with Crippen LogP contribution < -0.4 is 15.8 Å². The van der Waals surface area contributed by atoms with Crippen molar-refractivity contribution in [2.24, 2.45) is 7.05 Å². The van der Waals surface area contributed by atoms with Crippen LogP contribution in [-0.4, -0.2) is 15.9 Å². The molecule has 0 atom stereocenters. The second-order valence-corrected chi connectivity index (χ2v) is 4.91. The van der Waals surface area contributed by atoms with Crippen molar-refractivity contribution in [2.75, 3.05) is 11.1 Å². The van der Waals surface area contributed by atoms with E-state index in [4.69, 9.17) is 10.5 Å². The molecule has 0 aliphatic rings. The maximum absolute atomic E-state index is 13.7. The van der Waals surface area contributed by atoms with Crippen molar-refractivity contribution in [1.82, 2.24) is 9.78 Å². The first kappa shape index (κ1) is 14.2. The van der Waals surface area contributed by atoms with E-state index in [1.165, 1.54) is 6.07 Å². The minimum Gasteiger partial charge on any atom is -0.488 e. The van der Waals surface area contributed by atoms with Crippen molar-refractivity contribution < 1.29 is 9.13 Å². The van der Waals surface area contributed by atoms with Gasteiger partial charge >= 0.3 is 0 Å². The van der Waals surface area contributed by atoms with Crippen LogP contribution in [0.5, 0.6) is 5.75 Å². The lowest BCUT2D eigenvalue weighted by Crippen LogP contribution is -2.09. The minimum absolute atomic E-state index is 0.0979. The molecule has 1 heterocycles. The summed E-state index contributed by atoms with van der Waals surface area (Å²) in [5.74, 6) is -0.258. The molecular formula is C14H19FN4O. The first-order chi connectivity index (χ1) is 9.45. The first-order valence-corrected chi connectivity index (χ1v) is 6.42. The highest BCUT2D eigenvalue weighted by atomic mass is 19.1. The van der Waals surface area contributed by atoms with Gasteiger partial charge in [-0.2, -0.15) is 5.10 Å². The van der Waals surface area contributed by atoms with Crippen LogP contribution in [0.1, 0.15) is 19.4 Å². The molecule has 1 aromatic carbocycles. The molecule has 20 heavy (non-hydrogen) atoms. The van der Waals surface area contributed by atoms with E-state index in [2.05, 4.69) is 10.4 Å². The molecular weight excluding hydrogens is 259 g/mol. The quantitative estimate of drug-likeness (QED) is 0.825. The number of benzene rings is 1. The maximum atomic E-state index is 13.7. The number of aromatic nitrogens is 2. The zero-order chi connectivity index (χ0) is 14.7. The first-order valence-electron chi connectivity index (χ1n) is 6.42. The van der Waals surface area contributed by atoms with E-state index < -0.39 is 5.82 Å². The average Bonchev–Trinajstić information content (AvgIpc) is 2.76. The van der Waals surface area contributed by atoms with E-state index in [0.717, 1.165) is 5.56 Å². The highest BCUT2D eigenvalue weighted by Gasteiger charge is 2.10. The Hall–Kier alpha value is -2.24. The number of hydrogen-bond donors (Lipinski definition) is 2. The number of nitrogens with one attached hydrogen (secondary N) is 1. The fourth-order valence-corrected chi connectivity index (χ4v) is 1.83. The van der Waals surface area contributed by atoms with Gasteiger partial charge in [-0.3, -0.25) is 4.68 Å². The molecule has 0 aliphatic carbocycles. The number of halogens is 1. The van der Waals surface area contributed by atoms with Crippen LogP contribution in [0.2, 0.25) is 0 Å².